The maximum Gasteiger partial charge on any atom is 0.183 e. The van der Waals surface area contributed by atoms with E-state index >= 15 is 0 Å². The van der Waals surface area contributed by atoms with E-state index in [1.165, 1.54) is 0 Å². The summed E-state index contributed by atoms with van der Waals surface area (Å²) < 4.78 is 5.07. The molecule has 0 aromatic heterocycles. The fraction of sp³-hybridized carbons (Fsp3) is 0.800. The molecule has 0 fully saturated rings. The largest absolute Gasteiger partial charge is 0.479 e. The van der Waals surface area contributed by atoms with Gasteiger partial charge in [-0.15, -0.1) is 0 Å². The summed E-state index contributed by atoms with van der Waals surface area (Å²) in [7, 11) is 0. The van der Waals surface area contributed by atoms with Gasteiger partial charge in [-0.1, -0.05) is 5.11 Å². The Morgan fingerprint density at radius 2 is 2.70 bits per heavy atom. The number of azide groups is 1. The molecular formula is C5H8N4O. The summed E-state index contributed by atoms with van der Waals surface area (Å²) in [6.07, 6.45) is 0.629. The van der Waals surface area contributed by atoms with Crippen molar-refractivity contribution in [1.29, 1.82) is 0 Å². The van der Waals surface area contributed by atoms with Crippen LogP contribution in [0.1, 0.15) is 6.42 Å². The van der Waals surface area contributed by atoms with Crippen LogP contribution in [0.4, 0.5) is 0 Å². The number of nitrogens with zero attached hydrogens (tertiary/aromatic N) is 4. The Morgan fingerprint density at radius 1 is 1.80 bits per heavy atom. The zero-order chi connectivity index (χ0) is 7.23. The van der Waals surface area contributed by atoms with Crippen molar-refractivity contribution in [1.82, 2.24) is 0 Å². The minimum Gasteiger partial charge on any atom is -0.479 e. The lowest BCUT2D eigenvalue weighted by molar-refractivity contribution is 0.339. The molecule has 5 nitrogen and oxygen atoms in total. The van der Waals surface area contributed by atoms with Gasteiger partial charge >= 0.3 is 0 Å². The van der Waals surface area contributed by atoms with E-state index in [2.05, 4.69) is 15.0 Å². The van der Waals surface area contributed by atoms with Crippen LogP contribution in [0.15, 0.2) is 10.1 Å². The van der Waals surface area contributed by atoms with E-state index in [1.54, 1.807) is 0 Å². The Hall–Kier alpha value is -1.22. The molecule has 1 aliphatic heterocycles. The van der Waals surface area contributed by atoms with Crippen LogP contribution in [0.25, 0.3) is 10.4 Å². The molecular weight excluding hydrogens is 132 g/mol. The Bertz CT molecular complexity index is 182. The van der Waals surface area contributed by atoms with Crippen molar-refractivity contribution in [3.8, 4) is 0 Å². The fourth-order valence-corrected chi connectivity index (χ4v) is 0.721. The average Bonchev–Trinajstić information content (AvgIpc) is 2.41. The van der Waals surface area contributed by atoms with Crippen molar-refractivity contribution in [2.45, 2.75) is 6.42 Å². The number of hydrogen-bond donors (Lipinski definition) is 0. The molecule has 0 saturated heterocycles. The second-order valence-corrected chi connectivity index (χ2v) is 1.83. The highest BCUT2D eigenvalue weighted by Crippen LogP contribution is 1.98. The third-order valence-corrected chi connectivity index (χ3v) is 1.14. The van der Waals surface area contributed by atoms with Crippen LogP contribution < -0.4 is 0 Å². The number of ether oxygens (including phenoxy) is 1. The standard InChI is InChI=1S/C5H8N4O/c6-9-8-2-1-5-7-3-4-10-5/h1-4H2. The van der Waals surface area contributed by atoms with Crippen LogP contribution in [0.5, 0.6) is 0 Å². The number of rotatable bonds is 3. The van der Waals surface area contributed by atoms with E-state index in [1.807, 2.05) is 0 Å². The summed E-state index contributed by atoms with van der Waals surface area (Å²) in [6, 6.07) is 0. The van der Waals surface area contributed by atoms with Gasteiger partial charge in [0.2, 0.25) is 0 Å². The van der Waals surface area contributed by atoms with Crippen molar-refractivity contribution in [3.05, 3.63) is 10.4 Å². The molecule has 0 aliphatic carbocycles. The Balaban J connectivity index is 2.18. The fourth-order valence-electron chi connectivity index (χ4n) is 0.721. The number of aliphatic imine (C=N–C) groups is 1. The zero-order valence-corrected chi connectivity index (χ0v) is 5.53. The maximum absolute atomic E-state index is 7.92. The van der Waals surface area contributed by atoms with Crippen molar-refractivity contribution >= 4 is 5.90 Å². The molecule has 0 aromatic carbocycles. The second-order valence-electron chi connectivity index (χ2n) is 1.83. The molecule has 0 spiro atoms. The molecule has 0 radical (unpaired) electrons. The van der Waals surface area contributed by atoms with Crippen molar-refractivity contribution in [3.63, 3.8) is 0 Å². The molecule has 1 heterocycles. The van der Waals surface area contributed by atoms with Gasteiger partial charge in [-0.05, 0) is 5.53 Å². The molecule has 54 valence electrons. The van der Waals surface area contributed by atoms with E-state index in [0.29, 0.717) is 25.5 Å². The molecule has 5 heteroatoms. The van der Waals surface area contributed by atoms with E-state index in [-0.39, 0.29) is 0 Å². The van der Waals surface area contributed by atoms with E-state index < -0.39 is 0 Å². The van der Waals surface area contributed by atoms with Crippen LogP contribution >= 0.6 is 0 Å². The zero-order valence-electron chi connectivity index (χ0n) is 5.53. The lowest BCUT2D eigenvalue weighted by atomic mass is 10.4. The normalized spacial score (nSPS) is 15.4. The Kier molecular flexibility index (Phi) is 2.58. The summed E-state index contributed by atoms with van der Waals surface area (Å²) in [5, 5.41) is 3.36. The van der Waals surface area contributed by atoms with Crippen LogP contribution in [0.2, 0.25) is 0 Å². The smallest absolute Gasteiger partial charge is 0.183 e. The van der Waals surface area contributed by atoms with Crippen LogP contribution in [-0.2, 0) is 4.74 Å². The summed E-state index contributed by atoms with van der Waals surface area (Å²) >= 11 is 0. The third kappa shape index (κ3) is 1.95. The summed E-state index contributed by atoms with van der Waals surface area (Å²) in [6.45, 7) is 1.85. The van der Waals surface area contributed by atoms with Gasteiger partial charge in [0.05, 0.1) is 6.54 Å². The molecule has 0 unspecified atom stereocenters. The molecule has 0 aromatic rings. The first-order chi connectivity index (χ1) is 4.93. The van der Waals surface area contributed by atoms with E-state index in [4.69, 9.17) is 10.3 Å². The first-order valence-corrected chi connectivity index (χ1v) is 3.10. The first kappa shape index (κ1) is 6.89. The van der Waals surface area contributed by atoms with Gasteiger partial charge in [0.15, 0.2) is 5.90 Å². The SMILES string of the molecule is [N-]=[N+]=NCCC1=NCCO1. The van der Waals surface area contributed by atoms with E-state index in [9.17, 15) is 0 Å². The predicted molar refractivity (Wildman–Crippen MR) is 36.9 cm³/mol. The monoisotopic (exact) mass is 140 g/mol. The molecule has 1 rings (SSSR count). The van der Waals surface area contributed by atoms with Crippen molar-refractivity contribution in [2.75, 3.05) is 19.7 Å². The quantitative estimate of drug-likeness (QED) is 0.329. The van der Waals surface area contributed by atoms with Crippen molar-refractivity contribution < 1.29 is 4.74 Å². The highest BCUT2D eigenvalue weighted by Gasteiger charge is 2.04. The summed E-state index contributed by atoms with van der Waals surface area (Å²) in [4.78, 5) is 6.63. The lowest BCUT2D eigenvalue weighted by Gasteiger charge is -1.95. The summed E-state index contributed by atoms with van der Waals surface area (Å²) in [5.74, 6) is 0.715. The van der Waals surface area contributed by atoms with Gasteiger partial charge in [-0.2, -0.15) is 0 Å². The molecule has 0 atom stereocenters. The topological polar surface area (TPSA) is 70.4 Å². The van der Waals surface area contributed by atoms with Gasteiger partial charge in [-0.3, -0.25) is 4.99 Å². The molecule has 10 heavy (non-hydrogen) atoms. The minimum absolute atomic E-state index is 0.440. The first-order valence-electron chi connectivity index (χ1n) is 3.10. The molecule has 0 amide bonds. The summed E-state index contributed by atoms with van der Waals surface area (Å²) in [5.41, 5.74) is 7.92. The molecule has 0 saturated carbocycles. The minimum atomic E-state index is 0.440. The molecule has 0 bridgehead atoms. The van der Waals surface area contributed by atoms with Crippen LogP contribution in [0, 0.1) is 0 Å². The molecule has 0 N–H and O–H groups in total. The molecule has 1 aliphatic rings. The lowest BCUT2D eigenvalue weighted by Crippen LogP contribution is -1.99. The van der Waals surface area contributed by atoms with Crippen LogP contribution in [0.3, 0.4) is 0 Å². The van der Waals surface area contributed by atoms with Gasteiger partial charge in [0.1, 0.15) is 6.61 Å². The van der Waals surface area contributed by atoms with Crippen LogP contribution in [-0.4, -0.2) is 25.6 Å². The maximum atomic E-state index is 7.92. The number of hydrogen-bond acceptors (Lipinski definition) is 3. The van der Waals surface area contributed by atoms with Crippen molar-refractivity contribution in [2.24, 2.45) is 10.1 Å². The Labute approximate surface area is 58.3 Å². The van der Waals surface area contributed by atoms with Gasteiger partial charge in [0, 0.05) is 17.9 Å². The Morgan fingerprint density at radius 3 is 3.30 bits per heavy atom. The predicted octanol–water partition coefficient (Wildman–Crippen LogP) is 1.12. The second kappa shape index (κ2) is 3.74. The van der Waals surface area contributed by atoms with Gasteiger partial charge < -0.3 is 4.74 Å². The van der Waals surface area contributed by atoms with Gasteiger partial charge in [-0.25, -0.2) is 0 Å². The van der Waals surface area contributed by atoms with E-state index in [0.717, 1.165) is 6.54 Å². The third-order valence-electron chi connectivity index (χ3n) is 1.14. The average molecular weight is 140 g/mol. The highest BCUT2D eigenvalue weighted by molar-refractivity contribution is 5.77. The van der Waals surface area contributed by atoms with Gasteiger partial charge in [0.25, 0.3) is 0 Å². The highest BCUT2D eigenvalue weighted by atomic mass is 16.5.